The molecule has 20 heavy (non-hydrogen) atoms. The zero-order valence-corrected chi connectivity index (χ0v) is 12.5. The molecule has 0 aromatic heterocycles. The monoisotopic (exact) mass is 285 g/mol. The summed E-state index contributed by atoms with van der Waals surface area (Å²) < 4.78 is 0. The molecule has 0 saturated heterocycles. The second kappa shape index (κ2) is 5.99. The Morgan fingerprint density at radius 3 is 2.50 bits per heavy atom. The van der Waals surface area contributed by atoms with Crippen molar-refractivity contribution in [2.75, 3.05) is 0 Å². The Hall–Kier alpha value is -1.31. The van der Waals surface area contributed by atoms with Crippen molar-refractivity contribution in [1.29, 1.82) is 0 Å². The Morgan fingerprint density at radius 2 is 1.75 bits per heavy atom. The molecule has 1 aliphatic carbocycles. The normalized spacial score (nSPS) is 20.9. The zero-order chi connectivity index (χ0) is 13.9. The smallest absolute Gasteiger partial charge is 0.0571 e. The number of alkyl halides is 1. The van der Waals surface area contributed by atoms with Crippen molar-refractivity contribution < 1.29 is 0 Å². The van der Waals surface area contributed by atoms with Crippen LogP contribution in [0, 0.1) is 0 Å². The lowest BCUT2D eigenvalue weighted by molar-refractivity contribution is 0.536. The van der Waals surface area contributed by atoms with E-state index in [4.69, 9.17) is 11.6 Å². The maximum absolute atomic E-state index is 6.49. The van der Waals surface area contributed by atoms with Crippen molar-refractivity contribution >= 4 is 11.6 Å². The van der Waals surface area contributed by atoms with E-state index in [1.807, 2.05) is 0 Å². The van der Waals surface area contributed by atoms with E-state index < -0.39 is 0 Å². The summed E-state index contributed by atoms with van der Waals surface area (Å²) in [6, 6.07) is 17.6. The van der Waals surface area contributed by atoms with Crippen LogP contribution in [0.2, 0.25) is 0 Å². The molecule has 0 aliphatic heterocycles. The van der Waals surface area contributed by atoms with Crippen LogP contribution in [0.4, 0.5) is 0 Å². The van der Waals surface area contributed by atoms with Gasteiger partial charge >= 0.3 is 0 Å². The van der Waals surface area contributed by atoms with Crippen molar-refractivity contribution in [3.63, 3.8) is 0 Å². The zero-order valence-electron chi connectivity index (χ0n) is 11.8. The van der Waals surface area contributed by atoms with Gasteiger partial charge in [-0.2, -0.15) is 0 Å². The first kappa shape index (κ1) is 13.7. The van der Waals surface area contributed by atoms with Gasteiger partial charge in [-0.3, -0.25) is 0 Å². The molecule has 2 heteroatoms. The highest BCUT2D eigenvalue weighted by Gasteiger charge is 2.29. The number of aryl methyl sites for hydroxylation is 1. The minimum atomic E-state index is 0.155. The Balaban J connectivity index is 1.69. The fourth-order valence-corrected chi connectivity index (χ4v) is 3.30. The van der Waals surface area contributed by atoms with Gasteiger partial charge in [-0.15, -0.1) is 11.6 Å². The molecular formula is C18H20ClN. The SMILES string of the molecule is CCc1ccc(CNC2c3ccccc3CC2Cl)cc1. The quantitative estimate of drug-likeness (QED) is 0.829. The second-order valence-corrected chi connectivity index (χ2v) is 6.01. The van der Waals surface area contributed by atoms with Crippen LogP contribution in [-0.2, 0) is 19.4 Å². The first-order chi connectivity index (χ1) is 9.78. The average Bonchev–Trinajstić information content (AvgIpc) is 2.81. The minimum absolute atomic E-state index is 0.155. The third kappa shape index (κ3) is 2.74. The van der Waals surface area contributed by atoms with Crippen molar-refractivity contribution in [3.05, 3.63) is 70.8 Å². The summed E-state index contributed by atoms with van der Waals surface area (Å²) in [4.78, 5) is 0. The van der Waals surface area contributed by atoms with Crippen LogP contribution in [0.3, 0.4) is 0 Å². The number of rotatable bonds is 4. The molecule has 0 saturated carbocycles. The standard InChI is InChI=1S/C18H20ClN/c1-2-13-7-9-14(10-8-13)12-20-18-16-6-4-3-5-15(16)11-17(18)19/h3-10,17-18,20H,2,11-12H2,1H3. The van der Waals surface area contributed by atoms with Crippen LogP contribution in [0.1, 0.15) is 35.2 Å². The van der Waals surface area contributed by atoms with Gasteiger partial charge in [0.15, 0.2) is 0 Å². The Kier molecular flexibility index (Phi) is 4.09. The third-order valence-electron chi connectivity index (χ3n) is 4.12. The van der Waals surface area contributed by atoms with E-state index in [2.05, 4.69) is 60.8 Å². The van der Waals surface area contributed by atoms with Crippen LogP contribution in [0.25, 0.3) is 0 Å². The summed E-state index contributed by atoms with van der Waals surface area (Å²) in [5, 5.41) is 3.76. The van der Waals surface area contributed by atoms with Gasteiger partial charge in [0.1, 0.15) is 0 Å². The number of nitrogens with one attached hydrogen (secondary N) is 1. The van der Waals surface area contributed by atoms with E-state index in [1.165, 1.54) is 22.3 Å². The molecule has 2 unspecified atom stereocenters. The van der Waals surface area contributed by atoms with Crippen molar-refractivity contribution in [3.8, 4) is 0 Å². The first-order valence-corrected chi connectivity index (χ1v) is 7.74. The van der Waals surface area contributed by atoms with Gasteiger partial charge < -0.3 is 5.32 Å². The largest absolute Gasteiger partial charge is 0.305 e. The Labute approximate surface area is 126 Å². The molecule has 0 radical (unpaired) electrons. The van der Waals surface area contributed by atoms with E-state index in [1.54, 1.807) is 0 Å². The van der Waals surface area contributed by atoms with E-state index in [9.17, 15) is 0 Å². The number of halogens is 1. The van der Waals surface area contributed by atoms with Crippen LogP contribution >= 0.6 is 11.6 Å². The maximum atomic E-state index is 6.49. The predicted octanol–water partition coefficient (Wildman–Crippen LogP) is 4.24. The van der Waals surface area contributed by atoms with Crippen molar-refractivity contribution in [1.82, 2.24) is 5.32 Å². The lowest BCUT2D eigenvalue weighted by atomic mass is 10.1. The number of hydrogen-bond acceptors (Lipinski definition) is 1. The van der Waals surface area contributed by atoms with Crippen LogP contribution in [0.5, 0.6) is 0 Å². The van der Waals surface area contributed by atoms with Gasteiger partial charge in [0, 0.05) is 12.6 Å². The van der Waals surface area contributed by atoms with E-state index >= 15 is 0 Å². The predicted molar refractivity (Wildman–Crippen MR) is 85.2 cm³/mol. The highest BCUT2D eigenvalue weighted by molar-refractivity contribution is 6.21. The molecule has 2 aromatic rings. The third-order valence-corrected chi connectivity index (χ3v) is 4.53. The van der Waals surface area contributed by atoms with Crippen LogP contribution < -0.4 is 5.32 Å². The molecule has 104 valence electrons. The highest BCUT2D eigenvalue weighted by atomic mass is 35.5. The molecule has 1 nitrogen and oxygen atoms in total. The number of benzene rings is 2. The molecule has 0 bridgehead atoms. The molecule has 1 aliphatic rings. The molecule has 0 amide bonds. The fraction of sp³-hybridized carbons (Fsp3) is 0.333. The Morgan fingerprint density at radius 1 is 1.05 bits per heavy atom. The Bertz CT molecular complexity index is 576. The summed E-state index contributed by atoms with van der Waals surface area (Å²) in [6.45, 7) is 3.05. The minimum Gasteiger partial charge on any atom is -0.305 e. The van der Waals surface area contributed by atoms with Gasteiger partial charge in [-0.05, 0) is 35.1 Å². The lowest BCUT2D eigenvalue weighted by Gasteiger charge is -2.17. The van der Waals surface area contributed by atoms with E-state index in [0.29, 0.717) is 0 Å². The number of hydrogen-bond donors (Lipinski definition) is 1. The van der Waals surface area contributed by atoms with E-state index in [-0.39, 0.29) is 11.4 Å². The molecule has 2 atom stereocenters. The second-order valence-electron chi connectivity index (χ2n) is 5.45. The summed E-state index contributed by atoms with van der Waals surface area (Å²) in [5.74, 6) is 0. The topological polar surface area (TPSA) is 12.0 Å². The average molecular weight is 286 g/mol. The lowest BCUT2D eigenvalue weighted by Crippen LogP contribution is -2.25. The van der Waals surface area contributed by atoms with Gasteiger partial charge in [-0.25, -0.2) is 0 Å². The van der Waals surface area contributed by atoms with Gasteiger partial charge in [0.2, 0.25) is 0 Å². The van der Waals surface area contributed by atoms with Gasteiger partial charge in [0.05, 0.1) is 5.38 Å². The molecule has 2 aromatic carbocycles. The van der Waals surface area contributed by atoms with Gasteiger partial charge in [-0.1, -0.05) is 55.5 Å². The maximum Gasteiger partial charge on any atom is 0.0571 e. The van der Waals surface area contributed by atoms with Crippen molar-refractivity contribution in [2.24, 2.45) is 0 Å². The molecule has 0 heterocycles. The van der Waals surface area contributed by atoms with Crippen molar-refractivity contribution in [2.45, 2.75) is 37.7 Å². The fourth-order valence-electron chi connectivity index (χ4n) is 2.90. The van der Waals surface area contributed by atoms with E-state index in [0.717, 1.165) is 19.4 Å². The van der Waals surface area contributed by atoms with Crippen LogP contribution in [0.15, 0.2) is 48.5 Å². The first-order valence-electron chi connectivity index (χ1n) is 7.31. The van der Waals surface area contributed by atoms with Crippen LogP contribution in [-0.4, -0.2) is 5.38 Å². The summed E-state index contributed by atoms with van der Waals surface area (Å²) >= 11 is 6.49. The molecular weight excluding hydrogens is 266 g/mol. The van der Waals surface area contributed by atoms with Gasteiger partial charge in [0.25, 0.3) is 0 Å². The molecule has 1 N–H and O–H groups in total. The molecule has 3 rings (SSSR count). The molecule has 0 spiro atoms. The summed E-state index contributed by atoms with van der Waals surface area (Å²) in [7, 11) is 0. The molecule has 0 fully saturated rings. The summed E-state index contributed by atoms with van der Waals surface area (Å²) in [5.41, 5.74) is 5.44. The summed E-state index contributed by atoms with van der Waals surface area (Å²) in [6.07, 6.45) is 2.05. The highest BCUT2D eigenvalue weighted by Crippen LogP contribution is 2.34. The number of fused-ring (bicyclic) bond motifs is 1.